The second-order valence-electron chi connectivity index (χ2n) is 7.58. The number of hydrogen-bond acceptors (Lipinski definition) is 6. The summed E-state index contributed by atoms with van der Waals surface area (Å²) in [4.78, 5) is 25.5. The predicted molar refractivity (Wildman–Crippen MR) is 113 cm³/mol. The first-order valence-corrected chi connectivity index (χ1v) is 10.0. The van der Waals surface area contributed by atoms with Gasteiger partial charge in [0.05, 0.1) is 16.1 Å². The molecule has 0 spiro atoms. The summed E-state index contributed by atoms with van der Waals surface area (Å²) in [5.74, 6) is -4.02. The van der Waals surface area contributed by atoms with Crippen LogP contribution in [-0.4, -0.2) is 44.5 Å². The van der Waals surface area contributed by atoms with E-state index in [1.807, 2.05) is 0 Å². The molecule has 0 saturated heterocycles. The number of benzene rings is 1. The van der Waals surface area contributed by atoms with Crippen molar-refractivity contribution in [3.8, 4) is 0 Å². The Morgan fingerprint density at radius 3 is 2.72 bits per heavy atom. The number of allylic oxidation sites excluding steroid dienone is 2. The van der Waals surface area contributed by atoms with Gasteiger partial charge in [0.1, 0.15) is 18.5 Å². The van der Waals surface area contributed by atoms with Crippen LogP contribution in [0.2, 0.25) is 0 Å². The van der Waals surface area contributed by atoms with E-state index in [9.17, 15) is 18.4 Å². The topological polar surface area (TPSA) is 96.7 Å². The van der Waals surface area contributed by atoms with E-state index in [2.05, 4.69) is 10.4 Å². The number of hydrogen-bond donors (Lipinski definition) is 2. The van der Waals surface area contributed by atoms with Crippen molar-refractivity contribution in [3.05, 3.63) is 75.3 Å². The molecule has 11 heteroatoms. The Morgan fingerprint density at radius 2 is 2.03 bits per heavy atom. The Morgan fingerprint density at radius 1 is 1.31 bits per heavy atom. The molecule has 1 atom stereocenters. The van der Waals surface area contributed by atoms with Gasteiger partial charge in [-0.05, 0) is 6.07 Å². The number of nitrogens with zero attached hydrogens (tertiary/aromatic N) is 3. The molecule has 3 heterocycles. The van der Waals surface area contributed by atoms with Crippen LogP contribution < -0.4 is 10.9 Å². The second kappa shape index (κ2) is 8.27. The van der Waals surface area contributed by atoms with Crippen LogP contribution in [0.1, 0.15) is 12.6 Å². The van der Waals surface area contributed by atoms with Crippen LogP contribution in [0.5, 0.6) is 0 Å². The molecule has 4 rings (SSSR count). The quantitative estimate of drug-likeness (QED) is 0.650. The number of aromatic nitrogens is 2. The number of carboxylic acids is 1. The number of halogens is 3. The van der Waals surface area contributed by atoms with Crippen LogP contribution >= 0.6 is 11.6 Å². The second-order valence-corrected chi connectivity index (χ2v) is 7.99. The lowest BCUT2D eigenvalue weighted by Crippen LogP contribution is -2.34. The third kappa shape index (κ3) is 4.59. The van der Waals surface area contributed by atoms with Crippen molar-refractivity contribution in [1.29, 1.82) is 0 Å². The van der Waals surface area contributed by atoms with Crippen molar-refractivity contribution in [3.63, 3.8) is 0 Å². The van der Waals surface area contributed by atoms with Gasteiger partial charge in [0.15, 0.2) is 6.61 Å². The maximum atomic E-state index is 13.1. The lowest BCUT2D eigenvalue weighted by atomic mass is 10.1. The van der Waals surface area contributed by atoms with Gasteiger partial charge in [-0.1, -0.05) is 29.8 Å². The van der Waals surface area contributed by atoms with Crippen LogP contribution in [0, 0.1) is 0 Å². The van der Waals surface area contributed by atoms with E-state index in [4.69, 9.17) is 21.4 Å². The minimum atomic E-state index is -2.99. The minimum absolute atomic E-state index is 0.148. The van der Waals surface area contributed by atoms with E-state index < -0.39 is 36.8 Å². The Bertz CT molecular complexity index is 1230. The Hall–Kier alpha value is -3.40. The van der Waals surface area contributed by atoms with Crippen molar-refractivity contribution in [2.24, 2.45) is 0 Å². The van der Waals surface area contributed by atoms with Crippen LogP contribution in [-0.2, 0) is 22.5 Å². The van der Waals surface area contributed by atoms with Crippen molar-refractivity contribution in [1.82, 2.24) is 20.0 Å². The molecule has 2 aliphatic heterocycles. The summed E-state index contributed by atoms with van der Waals surface area (Å²) in [6, 6.07) is 6.84. The average molecular weight is 465 g/mol. The lowest BCUT2D eigenvalue weighted by molar-refractivity contribution is -0.138. The van der Waals surface area contributed by atoms with Gasteiger partial charge in [-0.3, -0.25) is 9.59 Å². The molecule has 1 unspecified atom stereocenters. The summed E-state index contributed by atoms with van der Waals surface area (Å²) >= 11 is 6.17. The van der Waals surface area contributed by atoms with Crippen molar-refractivity contribution in [2.45, 2.75) is 32.0 Å². The van der Waals surface area contributed by atoms with E-state index in [0.29, 0.717) is 22.2 Å². The normalized spacial score (nSPS) is 17.9. The summed E-state index contributed by atoms with van der Waals surface area (Å²) in [7, 11) is 0. The fraction of sp³-hybridized carbons (Fsp3) is 0.286. The first-order chi connectivity index (χ1) is 15.1. The van der Waals surface area contributed by atoms with Crippen LogP contribution in [0.25, 0.3) is 10.8 Å². The maximum absolute atomic E-state index is 13.1. The smallest absolute Gasteiger partial charge is 0.325 e. The molecule has 0 fully saturated rings. The van der Waals surface area contributed by atoms with E-state index in [1.165, 1.54) is 0 Å². The van der Waals surface area contributed by atoms with E-state index in [1.54, 1.807) is 47.6 Å². The molecular formula is C21H19ClF2N4O4. The molecule has 1 aromatic carbocycles. The number of ether oxygens (including phenoxy) is 1. The lowest BCUT2D eigenvalue weighted by Gasteiger charge is -2.26. The molecule has 0 aliphatic carbocycles. The summed E-state index contributed by atoms with van der Waals surface area (Å²) in [6.07, 6.45) is 4.80. The first kappa shape index (κ1) is 21.8. The molecular weight excluding hydrogens is 446 g/mol. The fourth-order valence-electron chi connectivity index (χ4n) is 3.49. The van der Waals surface area contributed by atoms with Gasteiger partial charge in [0.25, 0.3) is 11.5 Å². The third-order valence-electron chi connectivity index (χ3n) is 4.83. The standard InChI is InChI=1S/C21H19ClF2N4O4/c1-21(23,24)11-32-17-7-18-25-12(8-27(18)9-15(17)22)6-16-13-4-2-3-5-14(13)20(31)28(26-16)10-19(29)30/h2-5,7-9,18,25H,6,10-11H2,1H3,(H,29,30). The van der Waals surface area contributed by atoms with Gasteiger partial charge in [-0.15, -0.1) is 0 Å². The number of rotatable bonds is 7. The van der Waals surface area contributed by atoms with Gasteiger partial charge < -0.3 is 20.1 Å². The largest absolute Gasteiger partial charge is 0.486 e. The molecule has 0 bridgehead atoms. The van der Waals surface area contributed by atoms with Gasteiger partial charge in [0, 0.05) is 42.9 Å². The molecule has 2 N–H and O–H groups in total. The van der Waals surface area contributed by atoms with E-state index >= 15 is 0 Å². The number of aliphatic carboxylic acids is 1. The Labute approximate surface area is 186 Å². The van der Waals surface area contributed by atoms with E-state index in [0.717, 1.165) is 11.6 Å². The molecule has 8 nitrogen and oxygen atoms in total. The van der Waals surface area contributed by atoms with E-state index in [-0.39, 0.29) is 17.2 Å². The summed E-state index contributed by atoms with van der Waals surface area (Å²) in [6.45, 7) is -0.590. The minimum Gasteiger partial charge on any atom is -0.486 e. The highest BCUT2D eigenvalue weighted by atomic mass is 35.5. The maximum Gasteiger partial charge on any atom is 0.325 e. The molecule has 32 heavy (non-hydrogen) atoms. The Kier molecular flexibility index (Phi) is 5.64. The van der Waals surface area contributed by atoms with Crippen LogP contribution in [0.3, 0.4) is 0 Å². The molecule has 2 aliphatic rings. The van der Waals surface area contributed by atoms with Crippen molar-refractivity contribution >= 4 is 28.3 Å². The highest BCUT2D eigenvalue weighted by Gasteiger charge is 2.29. The molecule has 2 aromatic rings. The molecule has 0 amide bonds. The van der Waals surface area contributed by atoms with Gasteiger partial charge >= 0.3 is 5.97 Å². The number of nitrogens with one attached hydrogen (secondary N) is 1. The molecule has 0 radical (unpaired) electrons. The van der Waals surface area contributed by atoms with Gasteiger partial charge in [-0.2, -0.15) is 5.10 Å². The fourth-order valence-corrected chi connectivity index (χ4v) is 3.72. The monoisotopic (exact) mass is 464 g/mol. The SMILES string of the molecule is CC(F)(F)COC1=CC2NC(Cc3nn(CC(=O)O)c(=O)c4ccccc34)=CN2C=C1Cl. The summed E-state index contributed by atoms with van der Waals surface area (Å²) in [5.41, 5.74) is 0.748. The highest BCUT2D eigenvalue weighted by molar-refractivity contribution is 6.31. The number of fused-ring (bicyclic) bond motifs is 2. The zero-order valence-electron chi connectivity index (χ0n) is 16.9. The molecule has 168 valence electrons. The average Bonchev–Trinajstić information content (AvgIpc) is 3.09. The first-order valence-electron chi connectivity index (χ1n) is 9.66. The highest BCUT2D eigenvalue weighted by Crippen LogP contribution is 2.29. The van der Waals surface area contributed by atoms with Crippen LogP contribution in [0.15, 0.2) is 64.0 Å². The van der Waals surface area contributed by atoms with Crippen molar-refractivity contribution in [2.75, 3.05) is 6.61 Å². The predicted octanol–water partition coefficient (Wildman–Crippen LogP) is 2.75. The summed E-state index contributed by atoms with van der Waals surface area (Å²) in [5, 5.41) is 17.8. The number of carboxylic acid groups (broad SMARTS) is 1. The van der Waals surface area contributed by atoms with Crippen LogP contribution in [0.4, 0.5) is 8.78 Å². The third-order valence-corrected chi connectivity index (χ3v) is 5.12. The molecule has 0 saturated carbocycles. The Balaban J connectivity index is 1.60. The van der Waals surface area contributed by atoms with Gasteiger partial charge in [0.2, 0.25) is 0 Å². The number of carbonyl (C=O) groups is 1. The summed E-state index contributed by atoms with van der Waals surface area (Å²) < 4.78 is 32.3. The zero-order valence-corrected chi connectivity index (χ0v) is 17.6. The number of alkyl halides is 2. The zero-order chi connectivity index (χ0) is 23.0. The molecule has 1 aromatic heterocycles. The van der Waals surface area contributed by atoms with Crippen molar-refractivity contribution < 1.29 is 23.4 Å². The van der Waals surface area contributed by atoms with Gasteiger partial charge in [-0.25, -0.2) is 13.5 Å².